The molecule has 8 heteroatoms. The fraction of sp³-hybridized carbons (Fsp3) is 0.100. The number of halogens is 3. The Hall–Kier alpha value is -3.55. The second-order valence-corrected chi connectivity index (χ2v) is 5.85. The number of ether oxygens (including phenoxy) is 1. The highest BCUT2D eigenvalue weighted by molar-refractivity contribution is 5.92. The Morgan fingerprint density at radius 3 is 2.39 bits per heavy atom. The number of hydrogen-bond acceptors (Lipinski definition) is 4. The van der Waals surface area contributed by atoms with Crippen LogP contribution in [0.2, 0.25) is 0 Å². The third-order valence-electron chi connectivity index (χ3n) is 3.87. The molecule has 0 bridgehead atoms. The van der Waals surface area contributed by atoms with Crippen LogP contribution in [-0.4, -0.2) is 18.0 Å². The van der Waals surface area contributed by atoms with Crippen LogP contribution < -0.4 is 15.4 Å². The lowest BCUT2D eigenvalue weighted by atomic mass is 10.1. The van der Waals surface area contributed by atoms with E-state index in [0.29, 0.717) is 11.4 Å². The van der Waals surface area contributed by atoms with Gasteiger partial charge in [0, 0.05) is 0 Å². The number of methoxy groups -OCH3 is 1. The molecule has 0 unspecified atom stereocenters. The van der Waals surface area contributed by atoms with E-state index in [1.54, 1.807) is 37.4 Å². The van der Waals surface area contributed by atoms with Crippen molar-refractivity contribution in [3.05, 3.63) is 77.7 Å². The fourth-order valence-corrected chi connectivity index (χ4v) is 2.44. The fourth-order valence-electron chi connectivity index (χ4n) is 2.44. The summed E-state index contributed by atoms with van der Waals surface area (Å²) in [6, 6.07) is 12.0. The minimum absolute atomic E-state index is 0.171. The summed E-state index contributed by atoms with van der Waals surface area (Å²) in [6.07, 6.45) is 1.54. The summed E-state index contributed by atoms with van der Waals surface area (Å²) in [6.45, 7) is 0. The number of carbonyl (C=O) groups excluding carboxylic acids is 1. The second-order valence-electron chi connectivity index (χ2n) is 5.85. The number of nitrogens with one attached hydrogen (secondary N) is 2. The van der Waals surface area contributed by atoms with Gasteiger partial charge < -0.3 is 15.4 Å². The first-order valence-electron chi connectivity index (χ1n) is 8.25. The Morgan fingerprint density at radius 2 is 1.75 bits per heavy atom. The lowest BCUT2D eigenvalue weighted by Crippen LogP contribution is -2.14. The van der Waals surface area contributed by atoms with Gasteiger partial charge in [-0.05, 0) is 42.0 Å². The number of benzene rings is 2. The van der Waals surface area contributed by atoms with Crippen LogP contribution in [0.5, 0.6) is 5.75 Å². The average molecular weight is 387 g/mol. The molecule has 5 nitrogen and oxygen atoms in total. The highest BCUT2D eigenvalue weighted by Crippen LogP contribution is 2.23. The summed E-state index contributed by atoms with van der Waals surface area (Å²) >= 11 is 0. The van der Waals surface area contributed by atoms with Crippen LogP contribution in [0.15, 0.2) is 54.7 Å². The predicted molar refractivity (Wildman–Crippen MR) is 99.2 cm³/mol. The maximum atomic E-state index is 13.7. The van der Waals surface area contributed by atoms with Gasteiger partial charge in [-0.25, -0.2) is 18.2 Å². The highest BCUT2D eigenvalue weighted by atomic mass is 19.2. The van der Waals surface area contributed by atoms with Gasteiger partial charge in [0.05, 0.1) is 31.1 Å². The van der Waals surface area contributed by atoms with E-state index in [9.17, 15) is 18.0 Å². The number of nitrogens with zero attached hydrogens (tertiary/aromatic N) is 1. The number of aromatic nitrogens is 1. The predicted octanol–water partition coefficient (Wildman–Crippen LogP) is 4.43. The number of rotatable bonds is 6. The molecule has 0 saturated carbocycles. The van der Waals surface area contributed by atoms with Crippen molar-refractivity contribution in [1.29, 1.82) is 0 Å². The molecule has 2 N–H and O–H groups in total. The van der Waals surface area contributed by atoms with E-state index >= 15 is 0 Å². The van der Waals surface area contributed by atoms with Crippen molar-refractivity contribution in [2.24, 2.45) is 0 Å². The monoisotopic (exact) mass is 387 g/mol. The first-order valence-corrected chi connectivity index (χ1v) is 8.25. The van der Waals surface area contributed by atoms with E-state index < -0.39 is 17.5 Å². The number of carbonyl (C=O) groups is 1. The molecule has 28 heavy (non-hydrogen) atoms. The Labute approximate surface area is 159 Å². The summed E-state index contributed by atoms with van der Waals surface area (Å²) in [5, 5.41) is 5.25. The summed E-state index contributed by atoms with van der Waals surface area (Å²) in [5.74, 6) is -3.50. The SMILES string of the molecule is COc1ccc(CC(=O)Nc2ccc(Nc3ccc(F)c(F)c3F)nc2)cc1. The average Bonchev–Trinajstić information content (AvgIpc) is 2.70. The Bertz CT molecular complexity index is 977. The second kappa shape index (κ2) is 8.43. The van der Waals surface area contributed by atoms with E-state index in [4.69, 9.17) is 4.74 Å². The van der Waals surface area contributed by atoms with Gasteiger partial charge in [-0.15, -0.1) is 0 Å². The van der Waals surface area contributed by atoms with E-state index in [1.807, 2.05) is 0 Å². The summed E-state index contributed by atoms with van der Waals surface area (Å²) in [7, 11) is 1.56. The van der Waals surface area contributed by atoms with Crippen LogP contribution in [0, 0.1) is 17.5 Å². The van der Waals surface area contributed by atoms with Crippen LogP contribution in [0.3, 0.4) is 0 Å². The van der Waals surface area contributed by atoms with Crippen molar-refractivity contribution in [2.75, 3.05) is 17.7 Å². The summed E-state index contributed by atoms with van der Waals surface area (Å²) in [5.41, 5.74) is 1.01. The van der Waals surface area contributed by atoms with E-state index in [-0.39, 0.29) is 23.8 Å². The molecule has 1 aromatic heterocycles. The van der Waals surface area contributed by atoms with Gasteiger partial charge in [0.25, 0.3) is 0 Å². The molecular weight excluding hydrogens is 371 g/mol. The van der Waals surface area contributed by atoms with Crippen molar-refractivity contribution in [3.63, 3.8) is 0 Å². The molecule has 0 aliphatic heterocycles. The largest absolute Gasteiger partial charge is 0.497 e. The lowest BCUT2D eigenvalue weighted by molar-refractivity contribution is -0.115. The quantitative estimate of drug-likeness (QED) is 0.614. The van der Waals surface area contributed by atoms with Crippen LogP contribution in [0.4, 0.5) is 30.4 Å². The lowest BCUT2D eigenvalue weighted by Gasteiger charge is -2.09. The van der Waals surface area contributed by atoms with Gasteiger partial charge in [-0.3, -0.25) is 4.79 Å². The van der Waals surface area contributed by atoms with Crippen LogP contribution in [0.25, 0.3) is 0 Å². The third-order valence-corrected chi connectivity index (χ3v) is 3.87. The van der Waals surface area contributed by atoms with Gasteiger partial charge in [-0.1, -0.05) is 12.1 Å². The zero-order valence-electron chi connectivity index (χ0n) is 14.8. The number of pyridine rings is 1. The smallest absolute Gasteiger partial charge is 0.228 e. The zero-order chi connectivity index (χ0) is 20.1. The number of amides is 1. The molecule has 3 aromatic rings. The molecule has 1 heterocycles. The number of anilines is 3. The van der Waals surface area contributed by atoms with E-state index in [0.717, 1.165) is 17.7 Å². The van der Waals surface area contributed by atoms with Crippen molar-refractivity contribution in [3.8, 4) is 5.75 Å². The van der Waals surface area contributed by atoms with Crippen molar-refractivity contribution < 1.29 is 22.7 Å². The molecule has 144 valence electrons. The van der Waals surface area contributed by atoms with Crippen molar-refractivity contribution >= 4 is 23.1 Å². The van der Waals surface area contributed by atoms with Gasteiger partial charge in [0.2, 0.25) is 5.91 Å². The Balaban J connectivity index is 1.61. The maximum Gasteiger partial charge on any atom is 0.228 e. The molecule has 2 aromatic carbocycles. The van der Waals surface area contributed by atoms with Gasteiger partial charge in [-0.2, -0.15) is 0 Å². The van der Waals surface area contributed by atoms with Gasteiger partial charge in [0.15, 0.2) is 17.5 Å². The molecule has 0 fully saturated rings. The molecule has 0 aliphatic carbocycles. The molecule has 0 aliphatic rings. The normalized spacial score (nSPS) is 10.4. The van der Waals surface area contributed by atoms with E-state index in [2.05, 4.69) is 15.6 Å². The highest BCUT2D eigenvalue weighted by Gasteiger charge is 2.13. The zero-order valence-corrected chi connectivity index (χ0v) is 14.8. The first-order chi connectivity index (χ1) is 13.5. The minimum Gasteiger partial charge on any atom is -0.497 e. The molecular formula is C20H16F3N3O2. The topological polar surface area (TPSA) is 63.2 Å². The molecule has 0 atom stereocenters. The van der Waals surface area contributed by atoms with Crippen LogP contribution in [-0.2, 0) is 11.2 Å². The van der Waals surface area contributed by atoms with Crippen molar-refractivity contribution in [2.45, 2.75) is 6.42 Å². The molecule has 1 amide bonds. The number of hydrogen-bond donors (Lipinski definition) is 2. The minimum atomic E-state index is -1.56. The Kier molecular flexibility index (Phi) is 5.78. The van der Waals surface area contributed by atoms with E-state index in [1.165, 1.54) is 12.3 Å². The van der Waals surface area contributed by atoms with Gasteiger partial charge in [0.1, 0.15) is 11.6 Å². The van der Waals surface area contributed by atoms with Crippen LogP contribution in [0.1, 0.15) is 5.56 Å². The summed E-state index contributed by atoms with van der Waals surface area (Å²) < 4.78 is 45.0. The standard InChI is InChI=1S/C20H16F3N3O2/c1-28-14-5-2-12(3-6-14)10-18(27)25-13-4-9-17(24-11-13)26-16-8-7-15(21)19(22)20(16)23/h2-9,11H,10H2,1H3,(H,24,26)(H,25,27). The third kappa shape index (κ3) is 4.59. The maximum absolute atomic E-state index is 13.7. The molecule has 3 rings (SSSR count). The Morgan fingerprint density at radius 1 is 1.00 bits per heavy atom. The van der Waals surface area contributed by atoms with Crippen molar-refractivity contribution in [1.82, 2.24) is 4.98 Å². The summed E-state index contributed by atoms with van der Waals surface area (Å²) in [4.78, 5) is 16.1. The molecule has 0 saturated heterocycles. The van der Waals surface area contributed by atoms with Gasteiger partial charge >= 0.3 is 0 Å². The molecule has 0 radical (unpaired) electrons. The molecule has 0 spiro atoms. The first kappa shape index (κ1) is 19.2. The van der Waals surface area contributed by atoms with Crippen LogP contribution >= 0.6 is 0 Å².